The maximum Gasteiger partial charge on any atom is 0.0474 e. The summed E-state index contributed by atoms with van der Waals surface area (Å²) < 4.78 is 0. The van der Waals surface area contributed by atoms with Gasteiger partial charge in [-0.2, -0.15) is 0 Å². The Morgan fingerprint density at radius 1 is 1.38 bits per heavy atom. The van der Waals surface area contributed by atoms with Crippen LogP contribution in [0.3, 0.4) is 0 Å². The molecule has 0 saturated carbocycles. The van der Waals surface area contributed by atoms with Crippen LogP contribution in [0.4, 0.5) is 0 Å². The van der Waals surface area contributed by atoms with Gasteiger partial charge in [0.2, 0.25) is 0 Å². The van der Waals surface area contributed by atoms with Crippen LogP contribution in [0.25, 0.3) is 16.5 Å². The molecule has 1 aromatic carbocycles. The Morgan fingerprint density at radius 3 is 3.00 bits per heavy atom. The summed E-state index contributed by atoms with van der Waals surface area (Å²) in [7, 11) is 0. The molecule has 0 spiro atoms. The highest BCUT2D eigenvalue weighted by molar-refractivity contribution is 6.23. The number of H-pyrrole nitrogens is 1. The molecule has 66 valence electrons. The maximum absolute atomic E-state index is 5.70. The third-order valence-corrected chi connectivity index (χ3v) is 2.45. The van der Waals surface area contributed by atoms with Crippen molar-refractivity contribution in [2.45, 2.75) is 0 Å². The molecule has 0 aliphatic rings. The number of aromatic nitrogens is 1. The number of aromatic amines is 1. The van der Waals surface area contributed by atoms with Gasteiger partial charge in [-0.1, -0.05) is 18.7 Å². The minimum absolute atomic E-state index is 0.478. The van der Waals surface area contributed by atoms with E-state index in [1.807, 2.05) is 18.3 Å². The summed E-state index contributed by atoms with van der Waals surface area (Å²) in [6, 6.07) is 8.22. The van der Waals surface area contributed by atoms with Crippen molar-refractivity contribution in [3.05, 3.63) is 42.6 Å². The second kappa shape index (κ2) is 3.27. The zero-order valence-corrected chi connectivity index (χ0v) is 7.93. The minimum atomic E-state index is 0.478. The van der Waals surface area contributed by atoms with Crippen molar-refractivity contribution in [1.29, 1.82) is 0 Å². The fraction of sp³-hybridized carbons (Fsp3) is 0.0909. The quantitative estimate of drug-likeness (QED) is 0.701. The lowest BCUT2D eigenvalue weighted by molar-refractivity contribution is 1.47. The zero-order chi connectivity index (χ0) is 9.26. The van der Waals surface area contributed by atoms with Gasteiger partial charge in [0.1, 0.15) is 0 Å². The van der Waals surface area contributed by atoms with Gasteiger partial charge in [0.15, 0.2) is 0 Å². The number of hydrogen-bond acceptors (Lipinski definition) is 0. The van der Waals surface area contributed by atoms with Crippen LogP contribution < -0.4 is 0 Å². The Bertz CT molecular complexity index is 442. The van der Waals surface area contributed by atoms with Gasteiger partial charge in [0.25, 0.3) is 0 Å². The van der Waals surface area contributed by atoms with Crippen molar-refractivity contribution in [1.82, 2.24) is 4.98 Å². The van der Waals surface area contributed by atoms with E-state index in [0.29, 0.717) is 5.88 Å². The number of allylic oxidation sites excluding steroid dienone is 1. The first-order chi connectivity index (χ1) is 6.31. The number of halogens is 1. The highest BCUT2D eigenvalue weighted by atomic mass is 35.5. The molecule has 2 heteroatoms. The summed E-state index contributed by atoms with van der Waals surface area (Å²) in [5, 5.41) is 1.21. The molecule has 2 rings (SSSR count). The number of hydrogen-bond donors (Lipinski definition) is 1. The summed E-state index contributed by atoms with van der Waals surface area (Å²) in [5.41, 5.74) is 3.19. The Labute approximate surface area is 82.0 Å². The highest BCUT2D eigenvalue weighted by Crippen LogP contribution is 2.19. The summed E-state index contributed by atoms with van der Waals surface area (Å²) in [4.78, 5) is 3.15. The molecule has 0 fully saturated rings. The number of benzene rings is 1. The molecule has 0 amide bonds. The Morgan fingerprint density at radius 2 is 2.23 bits per heavy atom. The number of rotatable bonds is 2. The molecule has 0 atom stereocenters. The van der Waals surface area contributed by atoms with Crippen LogP contribution in [0.2, 0.25) is 0 Å². The van der Waals surface area contributed by atoms with E-state index in [-0.39, 0.29) is 0 Å². The first kappa shape index (κ1) is 8.39. The van der Waals surface area contributed by atoms with Crippen molar-refractivity contribution >= 4 is 28.1 Å². The summed E-state index contributed by atoms with van der Waals surface area (Å²) in [6.07, 6.45) is 1.93. The van der Waals surface area contributed by atoms with Gasteiger partial charge in [0.05, 0.1) is 0 Å². The van der Waals surface area contributed by atoms with Crippen LogP contribution >= 0.6 is 11.6 Å². The van der Waals surface area contributed by atoms with E-state index in [1.165, 1.54) is 5.39 Å². The number of alkyl halides is 1. The lowest BCUT2D eigenvalue weighted by Gasteiger charge is -2.00. The van der Waals surface area contributed by atoms with E-state index >= 15 is 0 Å². The molecular weight excluding hydrogens is 182 g/mol. The summed E-state index contributed by atoms with van der Waals surface area (Å²) >= 11 is 5.70. The van der Waals surface area contributed by atoms with Crippen molar-refractivity contribution in [3.8, 4) is 0 Å². The molecule has 0 aliphatic carbocycles. The monoisotopic (exact) mass is 191 g/mol. The van der Waals surface area contributed by atoms with E-state index in [9.17, 15) is 0 Å². The zero-order valence-electron chi connectivity index (χ0n) is 7.18. The average molecular weight is 192 g/mol. The largest absolute Gasteiger partial charge is 0.361 e. The molecule has 0 bridgehead atoms. The van der Waals surface area contributed by atoms with Crippen LogP contribution in [-0.2, 0) is 0 Å². The molecule has 0 aliphatic heterocycles. The van der Waals surface area contributed by atoms with Gasteiger partial charge in [-0.3, -0.25) is 0 Å². The lowest BCUT2D eigenvalue weighted by Crippen LogP contribution is -1.83. The van der Waals surface area contributed by atoms with E-state index in [2.05, 4.69) is 23.7 Å². The standard InChI is InChI=1S/C11H10ClN/c1-8(7-12)10-3-2-9-4-5-13-11(9)6-10/h2-6,13H,1,7H2. The maximum atomic E-state index is 5.70. The SMILES string of the molecule is C=C(CCl)c1ccc2cc[nH]c2c1. The van der Waals surface area contributed by atoms with Gasteiger partial charge in [0, 0.05) is 17.6 Å². The highest BCUT2D eigenvalue weighted by Gasteiger charge is 1.99. The van der Waals surface area contributed by atoms with Crippen LogP contribution in [-0.4, -0.2) is 10.9 Å². The van der Waals surface area contributed by atoms with Crippen molar-refractivity contribution in [2.75, 3.05) is 5.88 Å². The van der Waals surface area contributed by atoms with Crippen molar-refractivity contribution < 1.29 is 0 Å². The van der Waals surface area contributed by atoms with Crippen molar-refractivity contribution in [3.63, 3.8) is 0 Å². The Hall–Kier alpha value is -1.21. The van der Waals surface area contributed by atoms with Crippen LogP contribution in [0.1, 0.15) is 5.56 Å². The Kier molecular flexibility index (Phi) is 2.11. The first-order valence-corrected chi connectivity index (χ1v) is 4.66. The number of fused-ring (bicyclic) bond motifs is 1. The van der Waals surface area contributed by atoms with E-state index in [4.69, 9.17) is 11.6 Å². The molecule has 1 nitrogen and oxygen atoms in total. The molecule has 0 unspecified atom stereocenters. The molecule has 1 N–H and O–H groups in total. The molecular formula is C11H10ClN. The summed E-state index contributed by atoms with van der Waals surface area (Å²) in [6.45, 7) is 3.89. The average Bonchev–Trinajstić information content (AvgIpc) is 2.63. The van der Waals surface area contributed by atoms with E-state index < -0.39 is 0 Å². The molecule has 0 saturated heterocycles. The molecule has 1 heterocycles. The third-order valence-electron chi connectivity index (χ3n) is 2.12. The first-order valence-electron chi connectivity index (χ1n) is 4.12. The predicted molar refractivity (Wildman–Crippen MR) is 58.1 cm³/mol. The van der Waals surface area contributed by atoms with Gasteiger partial charge < -0.3 is 4.98 Å². The fourth-order valence-corrected chi connectivity index (χ4v) is 1.50. The Balaban J connectivity index is 2.54. The van der Waals surface area contributed by atoms with Crippen LogP contribution in [0, 0.1) is 0 Å². The molecule has 0 radical (unpaired) electrons. The topological polar surface area (TPSA) is 15.8 Å². The summed E-state index contributed by atoms with van der Waals surface area (Å²) in [5.74, 6) is 0.478. The fourth-order valence-electron chi connectivity index (χ4n) is 1.34. The van der Waals surface area contributed by atoms with E-state index in [0.717, 1.165) is 16.7 Å². The second-order valence-corrected chi connectivity index (χ2v) is 3.28. The third kappa shape index (κ3) is 1.47. The molecule has 13 heavy (non-hydrogen) atoms. The second-order valence-electron chi connectivity index (χ2n) is 3.02. The van der Waals surface area contributed by atoms with Gasteiger partial charge in [-0.15, -0.1) is 11.6 Å². The van der Waals surface area contributed by atoms with Crippen LogP contribution in [0.5, 0.6) is 0 Å². The number of nitrogens with one attached hydrogen (secondary N) is 1. The van der Waals surface area contributed by atoms with E-state index in [1.54, 1.807) is 0 Å². The van der Waals surface area contributed by atoms with Gasteiger partial charge in [-0.25, -0.2) is 0 Å². The normalized spacial score (nSPS) is 10.5. The minimum Gasteiger partial charge on any atom is -0.361 e. The van der Waals surface area contributed by atoms with Gasteiger partial charge >= 0.3 is 0 Å². The van der Waals surface area contributed by atoms with Gasteiger partial charge in [-0.05, 0) is 28.7 Å². The smallest absolute Gasteiger partial charge is 0.0474 e. The van der Waals surface area contributed by atoms with Crippen molar-refractivity contribution in [2.24, 2.45) is 0 Å². The van der Waals surface area contributed by atoms with Crippen LogP contribution in [0.15, 0.2) is 37.0 Å². The molecule has 2 aromatic rings. The lowest BCUT2D eigenvalue weighted by atomic mass is 10.1. The molecule has 1 aromatic heterocycles. The predicted octanol–water partition coefficient (Wildman–Crippen LogP) is 3.42.